The SMILES string of the molecule is C=CCOC(=O)NC1[C@H](O)C(O[C@H]2/C=C/C=C/C=C/C=C/C=C/C=C/C=C/[C@H](C)[C@@H](O)[C@@H](C)[C@H](C)OC(=O)C[C@H](O)C[C@H](O)CC[C@@H](O)[C@H](O)C[C@H](O)CC(O)(O)C[C@H](OC(=O)OCC=C)[C@@H](N=C=O)CC2)O[C@H](C)[C@H]1O. The van der Waals surface area contributed by atoms with Crippen molar-refractivity contribution in [2.45, 2.75) is 183 Å². The van der Waals surface area contributed by atoms with E-state index in [9.17, 15) is 70.2 Å². The zero-order chi connectivity index (χ0) is 57.5. The lowest BCUT2D eigenvalue weighted by molar-refractivity contribution is -0.278. The molecule has 2 heterocycles. The molecule has 2 unspecified atom stereocenters. The summed E-state index contributed by atoms with van der Waals surface area (Å²) in [5.74, 6) is -4.46. The number of carbonyl (C=O) groups excluding carboxylic acids is 4. The lowest BCUT2D eigenvalue weighted by atomic mass is 9.89. The first kappa shape index (κ1) is 67.7. The maximum Gasteiger partial charge on any atom is 0.508 e. The van der Waals surface area contributed by atoms with Gasteiger partial charge in [0.1, 0.15) is 37.6 Å². The molecule has 0 aromatic carbocycles. The summed E-state index contributed by atoms with van der Waals surface area (Å²) in [4.78, 5) is 53.6. The van der Waals surface area contributed by atoms with Gasteiger partial charge in [-0.2, -0.15) is 4.99 Å². The summed E-state index contributed by atoms with van der Waals surface area (Å²) in [6.07, 6.45) is 4.55. The smallest absolute Gasteiger partial charge is 0.462 e. The summed E-state index contributed by atoms with van der Waals surface area (Å²) in [6.45, 7) is 13.1. The van der Waals surface area contributed by atoms with Gasteiger partial charge in [0.2, 0.25) is 6.08 Å². The topological polar surface area (TPSA) is 350 Å². The van der Waals surface area contributed by atoms with E-state index < -0.39 is 147 Å². The normalized spacial score (nSPS) is 37.1. The molecule has 0 aromatic heterocycles. The number of esters is 1. The van der Waals surface area contributed by atoms with Gasteiger partial charge in [0.15, 0.2) is 12.1 Å². The molecule has 1 fully saturated rings. The van der Waals surface area contributed by atoms with E-state index in [-0.39, 0.29) is 51.2 Å². The Balaban J connectivity index is 2.51. The van der Waals surface area contributed by atoms with Gasteiger partial charge in [0.05, 0.1) is 67.3 Å². The van der Waals surface area contributed by atoms with Crippen LogP contribution in [0.1, 0.15) is 85.5 Å². The number of isocyanates is 1. The lowest BCUT2D eigenvalue weighted by Gasteiger charge is -2.42. The first-order valence-corrected chi connectivity index (χ1v) is 25.7. The quantitative estimate of drug-likeness (QED) is 0.0395. The molecule has 0 aromatic rings. The molecule has 1 saturated heterocycles. The monoisotopic (exact) mass is 1090 g/mol. The van der Waals surface area contributed by atoms with Crippen LogP contribution in [-0.4, -0.2) is 186 Å². The zero-order valence-electron chi connectivity index (χ0n) is 44.2. The Kier molecular flexibility index (Phi) is 32.2. The van der Waals surface area contributed by atoms with Gasteiger partial charge in [-0.1, -0.05) is 124 Å². The number of ether oxygens (including phenoxy) is 6. The Morgan fingerprint density at radius 3 is 1.90 bits per heavy atom. The first-order valence-electron chi connectivity index (χ1n) is 25.7. The predicted octanol–water partition coefficient (Wildman–Crippen LogP) is 3.00. The number of carbonyl (C=O) groups is 3. The van der Waals surface area contributed by atoms with Crippen molar-refractivity contribution in [2.75, 3.05) is 13.2 Å². The Morgan fingerprint density at radius 1 is 0.714 bits per heavy atom. The number of cyclic esters (lactones) is 1. The van der Waals surface area contributed by atoms with Crippen molar-refractivity contribution in [3.8, 4) is 0 Å². The van der Waals surface area contributed by atoms with E-state index in [1.54, 1.807) is 98.9 Å². The minimum Gasteiger partial charge on any atom is -0.462 e. The molecule has 22 nitrogen and oxygen atoms in total. The van der Waals surface area contributed by atoms with E-state index in [1.807, 2.05) is 6.92 Å². The van der Waals surface area contributed by atoms with Gasteiger partial charge in [-0.25, -0.2) is 14.4 Å². The van der Waals surface area contributed by atoms with Crippen LogP contribution in [0, 0.1) is 11.8 Å². The molecule has 77 heavy (non-hydrogen) atoms. The molecule has 2 rings (SSSR count). The number of allylic oxidation sites excluding steroid dienone is 12. The average molecular weight is 1090 g/mol. The summed E-state index contributed by atoms with van der Waals surface area (Å²) >= 11 is 0. The molecular formula is C55H82N2O20. The number of nitrogens with one attached hydrogen (secondary N) is 1. The van der Waals surface area contributed by atoms with Gasteiger partial charge in [0, 0.05) is 31.1 Å². The first-order chi connectivity index (χ1) is 36.5. The van der Waals surface area contributed by atoms with Crippen LogP contribution >= 0.6 is 0 Å². The van der Waals surface area contributed by atoms with Crippen LogP contribution in [0.5, 0.6) is 0 Å². The number of hydrogen-bond donors (Lipinski definition) is 11. The summed E-state index contributed by atoms with van der Waals surface area (Å²) in [5, 5.41) is 111. The molecule has 0 radical (unpaired) electrons. The molecule has 2 aliphatic rings. The van der Waals surface area contributed by atoms with E-state index in [2.05, 4.69) is 23.5 Å². The molecule has 17 atom stereocenters. The highest BCUT2D eigenvalue weighted by atomic mass is 16.7. The summed E-state index contributed by atoms with van der Waals surface area (Å²) in [6, 6.07) is -2.74. The van der Waals surface area contributed by atoms with Gasteiger partial charge in [-0.05, 0) is 46.0 Å². The highest BCUT2D eigenvalue weighted by molar-refractivity contribution is 5.70. The second kappa shape index (κ2) is 36.6. The van der Waals surface area contributed by atoms with E-state index in [4.69, 9.17) is 28.4 Å². The second-order valence-electron chi connectivity index (χ2n) is 19.1. The fourth-order valence-corrected chi connectivity index (χ4v) is 8.16. The number of aliphatic hydroxyl groups is 10. The van der Waals surface area contributed by atoms with Crippen molar-refractivity contribution >= 4 is 24.3 Å². The van der Waals surface area contributed by atoms with E-state index >= 15 is 0 Å². The largest absolute Gasteiger partial charge is 0.508 e. The third kappa shape index (κ3) is 27.1. The molecule has 2 aliphatic heterocycles. The maximum absolute atomic E-state index is 12.8. The van der Waals surface area contributed by atoms with Crippen molar-refractivity contribution in [3.05, 3.63) is 110 Å². The van der Waals surface area contributed by atoms with Crippen LogP contribution in [0.25, 0.3) is 0 Å². The number of aliphatic imine (C=N–C) groups is 1. The molecule has 0 aliphatic carbocycles. The summed E-state index contributed by atoms with van der Waals surface area (Å²) in [7, 11) is 0. The van der Waals surface area contributed by atoms with E-state index in [1.165, 1.54) is 25.2 Å². The fraction of sp³-hybridized carbons (Fsp3) is 0.600. The van der Waals surface area contributed by atoms with Gasteiger partial charge in [-0.3, -0.25) is 4.79 Å². The minimum atomic E-state index is -2.90. The molecule has 432 valence electrons. The zero-order valence-corrected chi connectivity index (χ0v) is 44.2. The third-order valence-electron chi connectivity index (χ3n) is 12.6. The molecule has 0 saturated carbocycles. The molecule has 22 heteroatoms. The van der Waals surface area contributed by atoms with Crippen molar-refractivity contribution in [2.24, 2.45) is 16.8 Å². The number of aliphatic hydroxyl groups excluding tert-OH is 8. The van der Waals surface area contributed by atoms with Crippen LogP contribution < -0.4 is 5.32 Å². The van der Waals surface area contributed by atoms with Gasteiger partial charge >= 0.3 is 18.2 Å². The number of rotatable bonds is 9. The van der Waals surface area contributed by atoms with Crippen LogP contribution in [0.2, 0.25) is 0 Å². The van der Waals surface area contributed by atoms with Crippen LogP contribution in [-0.2, 0) is 38.0 Å². The number of hydrogen-bond acceptors (Lipinski definition) is 21. The molecule has 11 N–H and O–H groups in total. The molecule has 0 bridgehead atoms. The third-order valence-corrected chi connectivity index (χ3v) is 12.6. The standard InChI is InChI=1S/C55H82N2O20/c1-7-27-72-53(68)57-48-50(66)38(6)75-52(51(48)67)76-42-22-20-18-16-14-12-10-9-11-13-15-17-19-21-35(3)49(65)36(4)37(5)74-47(64)31-40(60)29-39(59)23-26-44(62)45(63)30-41(61)32-55(70,71)33-46(43(25-24-42)56-34-58)77-54(69)73-28-8-2/h7-22,35-46,48-52,59-63,65-67,70-71H,1-2,23-33H2,3-6H3,(H,57,68)/b10-9+,13-11+,14-12+,17-15+,18-16+,21-19+,22-20+/t35-,36-,37-,38+,39+,40+,41-,42-,43-,44+,45+,46-,48?,49+,50+,51-,52?/m0/s1. The Hall–Kier alpha value is -5.43. The Morgan fingerprint density at radius 2 is 1.30 bits per heavy atom. The molecule has 0 spiro atoms. The number of amides is 1. The van der Waals surface area contributed by atoms with Crippen molar-refractivity contribution in [3.63, 3.8) is 0 Å². The minimum absolute atomic E-state index is 0.115. The van der Waals surface area contributed by atoms with Crippen LogP contribution in [0.15, 0.2) is 115 Å². The maximum atomic E-state index is 12.8. The van der Waals surface area contributed by atoms with Crippen LogP contribution in [0.3, 0.4) is 0 Å². The molecule has 1 amide bonds. The van der Waals surface area contributed by atoms with Crippen LogP contribution in [0.4, 0.5) is 9.59 Å². The summed E-state index contributed by atoms with van der Waals surface area (Å²) < 4.78 is 32.8. The van der Waals surface area contributed by atoms with Crippen molar-refractivity contribution < 1.29 is 98.7 Å². The Labute approximate surface area is 450 Å². The highest BCUT2D eigenvalue weighted by Crippen LogP contribution is 2.29. The van der Waals surface area contributed by atoms with Gasteiger partial charge < -0.3 is 84.8 Å². The molecular weight excluding hydrogens is 1010 g/mol. The van der Waals surface area contributed by atoms with Crippen molar-refractivity contribution in [1.82, 2.24) is 5.32 Å². The van der Waals surface area contributed by atoms with Gasteiger partial charge in [0.25, 0.3) is 0 Å². The second-order valence-corrected chi connectivity index (χ2v) is 19.1. The fourth-order valence-electron chi connectivity index (χ4n) is 8.16. The average Bonchev–Trinajstić information content (AvgIpc) is 3.36. The van der Waals surface area contributed by atoms with Gasteiger partial charge in [-0.15, -0.1) is 0 Å². The summed E-state index contributed by atoms with van der Waals surface area (Å²) in [5.41, 5.74) is 0. The number of nitrogens with zero attached hydrogens (tertiary/aromatic N) is 1. The van der Waals surface area contributed by atoms with E-state index in [0.717, 1.165) is 0 Å². The lowest BCUT2D eigenvalue weighted by Crippen LogP contribution is -2.64. The predicted molar refractivity (Wildman–Crippen MR) is 281 cm³/mol. The van der Waals surface area contributed by atoms with Crippen molar-refractivity contribution in [1.29, 1.82) is 0 Å². The van der Waals surface area contributed by atoms with E-state index in [0.29, 0.717) is 0 Å². The Bertz CT molecular complexity index is 2050. The number of alkyl carbamates (subject to hydrolysis) is 1. The highest BCUT2D eigenvalue weighted by Gasteiger charge is 2.45.